The molecule has 1 saturated heterocycles. The van der Waals surface area contributed by atoms with Crippen LogP contribution in [0.25, 0.3) is 0 Å². The van der Waals surface area contributed by atoms with Gasteiger partial charge in [-0.05, 0) is 0 Å². The number of nitrogens with one attached hydrogen (secondary N) is 2. The molecular weight excluding hydrogens is 166 g/mol. The third-order valence-electron chi connectivity index (χ3n) is 1.27. The number of hydrogen-bond donors (Lipinski definition) is 3. The van der Waals surface area contributed by atoms with E-state index in [0.717, 1.165) is 0 Å². The summed E-state index contributed by atoms with van der Waals surface area (Å²) in [5.74, 6) is -4.05. The van der Waals surface area contributed by atoms with Crippen LogP contribution in [0.1, 0.15) is 0 Å². The van der Waals surface area contributed by atoms with Gasteiger partial charge in [0.25, 0.3) is 5.91 Å². The van der Waals surface area contributed by atoms with Crippen molar-refractivity contribution in [3.63, 3.8) is 0 Å². The van der Waals surface area contributed by atoms with E-state index in [4.69, 9.17) is 5.73 Å². The van der Waals surface area contributed by atoms with Crippen molar-refractivity contribution in [2.45, 2.75) is 6.04 Å². The molecule has 0 aliphatic carbocycles. The number of carbonyl (C=O) groups is 4. The summed E-state index contributed by atoms with van der Waals surface area (Å²) < 4.78 is 0. The van der Waals surface area contributed by atoms with Crippen LogP contribution < -0.4 is 16.4 Å². The first kappa shape index (κ1) is 8.18. The predicted molar refractivity (Wildman–Crippen MR) is 34.3 cm³/mol. The van der Waals surface area contributed by atoms with E-state index in [0.29, 0.717) is 0 Å². The lowest BCUT2D eigenvalue weighted by atomic mass is 10.2. The Hall–Kier alpha value is -1.92. The molecule has 1 rings (SSSR count). The number of amides is 4. The summed E-state index contributed by atoms with van der Waals surface area (Å²) in [5, 5.41) is 3.51. The van der Waals surface area contributed by atoms with Crippen molar-refractivity contribution in [2.24, 2.45) is 5.73 Å². The van der Waals surface area contributed by atoms with Crippen LogP contribution in [0.4, 0.5) is 0 Å². The number of piperazine rings is 1. The third kappa shape index (κ3) is 1.24. The number of imide groups is 1. The summed E-state index contributed by atoms with van der Waals surface area (Å²) >= 11 is 0. The summed E-state index contributed by atoms with van der Waals surface area (Å²) in [5.41, 5.74) is 4.74. The van der Waals surface area contributed by atoms with Gasteiger partial charge in [0.05, 0.1) is 0 Å². The SMILES string of the molecule is NC(=O)C1NC(=O)C(=O)NC1=O. The average Bonchev–Trinajstić information content (AvgIpc) is 1.96. The maximum Gasteiger partial charge on any atom is 0.315 e. The fourth-order valence-electron chi connectivity index (χ4n) is 0.703. The number of primary amides is 1. The molecule has 0 aromatic carbocycles. The Balaban J connectivity index is 2.81. The van der Waals surface area contributed by atoms with Crippen LogP contribution in [-0.4, -0.2) is 29.7 Å². The number of nitrogens with two attached hydrogens (primary N) is 1. The van der Waals surface area contributed by atoms with Crippen LogP contribution in [0.3, 0.4) is 0 Å². The van der Waals surface area contributed by atoms with Crippen molar-refractivity contribution in [1.82, 2.24) is 10.6 Å². The van der Waals surface area contributed by atoms with Gasteiger partial charge in [-0.2, -0.15) is 0 Å². The largest absolute Gasteiger partial charge is 0.367 e. The van der Waals surface area contributed by atoms with Crippen molar-refractivity contribution in [3.8, 4) is 0 Å². The molecule has 1 heterocycles. The van der Waals surface area contributed by atoms with Gasteiger partial charge in [0.1, 0.15) is 0 Å². The van der Waals surface area contributed by atoms with E-state index in [-0.39, 0.29) is 0 Å². The van der Waals surface area contributed by atoms with Crippen LogP contribution in [0.2, 0.25) is 0 Å². The van der Waals surface area contributed by atoms with Crippen LogP contribution in [0, 0.1) is 0 Å². The smallest absolute Gasteiger partial charge is 0.315 e. The molecule has 0 aromatic rings. The lowest BCUT2D eigenvalue weighted by Crippen LogP contribution is -2.63. The standard InChI is InChI=1S/C5H5N3O4/c6-2(9)1-3(10)8-5(12)4(11)7-1/h1H,(H2,6,9)(H,7,11)(H,8,10,12). The van der Waals surface area contributed by atoms with Gasteiger partial charge < -0.3 is 11.1 Å². The number of hydrogen-bond acceptors (Lipinski definition) is 4. The monoisotopic (exact) mass is 171 g/mol. The minimum Gasteiger partial charge on any atom is -0.367 e. The van der Waals surface area contributed by atoms with E-state index in [1.54, 1.807) is 5.32 Å². The quantitative estimate of drug-likeness (QED) is 0.216. The maximum absolute atomic E-state index is 10.7. The van der Waals surface area contributed by atoms with Gasteiger partial charge in [-0.15, -0.1) is 0 Å². The Morgan fingerprint density at radius 1 is 1.25 bits per heavy atom. The summed E-state index contributed by atoms with van der Waals surface area (Å²) in [6.07, 6.45) is 0. The summed E-state index contributed by atoms with van der Waals surface area (Å²) in [6, 6.07) is -1.45. The van der Waals surface area contributed by atoms with Gasteiger partial charge in [-0.1, -0.05) is 0 Å². The predicted octanol–water partition coefficient (Wildman–Crippen LogP) is -3.39. The third-order valence-corrected chi connectivity index (χ3v) is 1.27. The van der Waals surface area contributed by atoms with Crippen LogP contribution in [-0.2, 0) is 19.2 Å². The molecule has 12 heavy (non-hydrogen) atoms. The molecular formula is C5H5N3O4. The van der Waals surface area contributed by atoms with Gasteiger partial charge in [0.15, 0.2) is 6.04 Å². The molecule has 0 radical (unpaired) electrons. The fourth-order valence-corrected chi connectivity index (χ4v) is 0.703. The molecule has 0 aromatic heterocycles. The van der Waals surface area contributed by atoms with E-state index >= 15 is 0 Å². The molecule has 1 aliphatic heterocycles. The molecule has 4 amide bonds. The summed E-state index contributed by atoms with van der Waals surface area (Å²) in [4.78, 5) is 42.2. The first-order valence-electron chi connectivity index (χ1n) is 2.97. The van der Waals surface area contributed by atoms with E-state index in [2.05, 4.69) is 0 Å². The zero-order chi connectivity index (χ0) is 9.30. The molecule has 0 saturated carbocycles. The van der Waals surface area contributed by atoms with Crippen LogP contribution in [0.15, 0.2) is 0 Å². The second kappa shape index (κ2) is 2.61. The highest BCUT2D eigenvalue weighted by molar-refractivity contribution is 6.41. The molecule has 0 spiro atoms. The van der Waals surface area contributed by atoms with Gasteiger partial charge in [-0.25, -0.2) is 0 Å². The average molecular weight is 171 g/mol. The van der Waals surface area contributed by atoms with Crippen molar-refractivity contribution in [2.75, 3.05) is 0 Å². The highest BCUT2D eigenvalue weighted by Crippen LogP contribution is 1.89. The van der Waals surface area contributed by atoms with Crippen molar-refractivity contribution >= 4 is 23.6 Å². The van der Waals surface area contributed by atoms with E-state index in [9.17, 15) is 19.2 Å². The summed E-state index contributed by atoms with van der Waals surface area (Å²) in [7, 11) is 0. The Labute approximate surface area is 66.3 Å². The highest BCUT2D eigenvalue weighted by atomic mass is 16.2. The first-order valence-corrected chi connectivity index (χ1v) is 2.97. The van der Waals surface area contributed by atoms with Gasteiger partial charge in [0.2, 0.25) is 5.91 Å². The molecule has 1 aliphatic rings. The zero-order valence-corrected chi connectivity index (χ0v) is 5.79. The Morgan fingerprint density at radius 2 is 1.83 bits per heavy atom. The minimum absolute atomic E-state index is 0.910. The lowest BCUT2D eigenvalue weighted by molar-refractivity contribution is -0.148. The van der Waals surface area contributed by atoms with Gasteiger partial charge in [0, 0.05) is 0 Å². The highest BCUT2D eigenvalue weighted by Gasteiger charge is 2.35. The Kier molecular flexibility index (Phi) is 1.78. The summed E-state index contributed by atoms with van der Waals surface area (Å²) in [6.45, 7) is 0. The van der Waals surface area contributed by atoms with Gasteiger partial charge in [-0.3, -0.25) is 24.5 Å². The van der Waals surface area contributed by atoms with E-state index < -0.39 is 29.7 Å². The van der Waals surface area contributed by atoms with Crippen molar-refractivity contribution in [1.29, 1.82) is 0 Å². The minimum atomic E-state index is -1.45. The first-order chi connectivity index (χ1) is 5.52. The van der Waals surface area contributed by atoms with Crippen LogP contribution >= 0.6 is 0 Å². The molecule has 64 valence electrons. The molecule has 1 atom stereocenters. The van der Waals surface area contributed by atoms with E-state index in [1.807, 2.05) is 5.32 Å². The molecule has 7 nitrogen and oxygen atoms in total. The topological polar surface area (TPSA) is 118 Å². The Morgan fingerprint density at radius 3 is 2.33 bits per heavy atom. The lowest BCUT2D eigenvalue weighted by Gasteiger charge is -2.18. The Bertz CT molecular complexity index is 284. The second-order valence-electron chi connectivity index (χ2n) is 2.13. The molecule has 0 bridgehead atoms. The molecule has 1 fully saturated rings. The van der Waals surface area contributed by atoms with Crippen molar-refractivity contribution in [3.05, 3.63) is 0 Å². The maximum atomic E-state index is 10.7. The zero-order valence-electron chi connectivity index (χ0n) is 5.79. The molecule has 4 N–H and O–H groups in total. The number of rotatable bonds is 1. The fraction of sp³-hybridized carbons (Fsp3) is 0.200. The molecule has 7 heteroatoms. The van der Waals surface area contributed by atoms with E-state index in [1.165, 1.54) is 0 Å². The number of carbonyl (C=O) groups excluding carboxylic acids is 4. The van der Waals surface area contributed by atoms with Gasteiger partial charge >= 0.3 is 11.8 Å². The second-order valence-corrected chi connectivity index (χ2v) is 2.13. The molecule has 1 unspecified atom stereocenters. The van der Waals surface area contributed by atoms with Crippen LogP contribution in [0.5, 0.6) is 0 Å². The van der Waals surface area contributed by atoms with Crippen molar-refractivity contribution < 1.29 is 19.2 Å². The normalized spacial score (nSPS) is 23.0.